The lowest BCUT2D eigenvalue weighted by atomic mass is 9.98. The van der Waals surface area contributed by atoms with Gasteiger partial charge >= 0.3 is 0 Å². The monoisotopic (exact) mass is 359 g/mol. The van der Waals surface area contributed by atoms with Crippen LogP contribution in [0.5, 0.6) is 0 Å². The summed E-state index contributed by atoms with van der Waals surface area (Å²) < 4.78 is 18.9. The Morgan fingerprint density at radius 1 is 1.35 bits per heavy atom. The molecular formula is C19H22FN3O3. The zero-order valence-electron chi connectivity index (χ0n) is 14.7. The molecule has 0 spiro atoms. The summed E-state index contributed by atoms with van der Waals surface area (Å²) in [6.07, 6.45) is 4.01. The van der Waals surface area contributed by atoms with Gasteiger partial charge in [0, 0.05) is 26.4 Å². The predicted octanol–water partition coefficient (Wildman–Crippen LogP) is 2.25. The molecule has 0 unspecified atom stereocenters. The third-order valence-electron chi connectivity index (χ3n) is 4.47. The van der Waals surface area contributed by atoms with Crippen molar-refractivity contribution >= 4 is 11.8 Å². The third kappa shape index (κ3) is 4.68. The van der Waals surface area contributed by atoms with Gasteiger partial charge in [-0.05, 0) is 30.5 Å². The number of hydrogen-bond acceptors (Lipinski definition) is 4. The van der Waals surface area contributed by atoms with Crippen molar-refractivity contribution in [2.24, 2.45) is 0 Å². The van der Waals surface area contributed by atoms with Crippen LogP contribution in [-0.2, 0) is 16.0 Å². The molecule has 1 aliphatic rings. The molecule has 26 heavy (non-hydrogen) atoms. The van der Waals surface area contributed by atoms with Gasteiger partial charge in [-0.25, -0.2) is 9.37 Å². The van der Waals surface area contributed by atoms with Gasteiger partial charge in [-0.3, -0.25) is 9.59 Å². The normalized spacial score (nSPS) is 17.2. The first-order valence-electron chi connectivity index (χ1n) is 8.72. The molecule has 0 saturated carbocycles. The standard InChI is InChI=1S/C19H22FN3O3/c1-13(24)21-11-18(25)23-8-2-3-15(12-23)19-22-10-17(26-19)9-14-4-6-16(20)7-5-14/h4-7,10,15H,2-3,8-9,11-12H2,1H3,(H,21,24)/t15-/m1/s1. The van der Waals surface area contributed by atoms with Crippen LogP contribution in [0.1, 0.15) is 42.9 Å². The molecule has 2 aromatic rings. The van der Waals surface area contributed by atoms with E-state index < -0.39 is 0 Å². The van der Waals surface area contributed by atoms with Gasteiger partial charge < -0.3 is 14.6 Å². The van der Waals surface area contributed by atoms with Crippen LogP contribution < -0.4 is 5.32 Å². The van der Waals surface area contributed by atoms with Crippen LogP contribution in [0.3, 0.4) is 0 Å². The highest BCUT2D eigenvalue weighted by molar-refractivity contribution is 5.83. The first kappa shape index (κ1) is 18.1. The Balaban J connectivity index is 1.60. The Bertz CT molecular complexity index is 773. The maximum absolute atomic E-state index is 13.0. The Morgan fingerprint density at radius 3 is 2.85 bits per heavy atom. The molecule has 1 aliphatic heterocycles. The van der Waals surface area contributed by atoms with Crippen molar-refractivity contribution < 1.29 is 18.4 Å². The number of hydrogen-bond donors (Lipinski definition) is 1. The minimum atomic E-state index is -0.266. The number of piperidine rings is 1. The molecule has 0 bridgehead atoms. The van der Waals surface area contributed by atoms with E-state index >= 15 is 0 Å². The van der Waals surface area contributed by atoms with Crippen molar-refractivity contribution in [3.8, 4) is 0 Å². The molecule has 1 fully saturated rings. The number of likely N-dealkylation sites (tertiary alicyclic amines) is 1. The molecule has 1 N–H and O–H groups in total. The number of rotatable bonds is 5. The third-order valence-corrected chi connectivity index (χ3v) is 4.47. The fraction of sp³-hybridized carbons (Fsp3) is 0.421. The van der Waals surface area contributed by atoms with Crippen LogP contribution in [0.2, 0.25) is 0 Å². The zero-order chi connectivity index (χ0) is 18.5. The quantitative estimate of drug-likeness (QED) is 0.888. The average Bonchev–Trinajstić information content (AvgIpc) is 3.10. The largest absolute Gasteiger partial charge is 0.445 e. The molecule has 2 heterocycles. The van der Waals surface area contributed by atoms with Crippen molar-refractivity contribution in [2.45, 2.75) is 32.1 Å². The summed E-state index contributed by atoms with van der Waals surface area (Å²) in [5.41, 5.74) is 0.949. The summed E-state index contributed by atoms with van der Waals surface area (Å²) in [7, 11) is 0. The molecule has 1 aromatic carbocycles. The van der Waals surface area contributed by atoms with Crippen molar-refractivity contribution in [2.75, 3.05) is 19.6 Å². The van der Waals surface area contributed by atoms with Gasteiger partial charge in [0.1, 0.15) is 11.6 Å². The molecular weight excluding hydrogens is 337 g/mol. The van der Waals surface area contributed by atoms with E-state index in [0.717, 1.165) is 18.4 Å². The summed E-state index contributed by atoms with van der Waals surface area (Å²) in [5.74, 6) is 0.811. The number of nitrogens with zero attached hydrogens (tertiary/aromatic N) is 2. The van der Waals surface area contributed by atoms with Crippen LogP contribution in [0, 0.1) is 5.82 Å². The minimum Gasteiger partial charge on any atom is -0.445 e. The highest BCUT2D eigenvalue weighted by Crippen LogP contribution is 2.27. The van der Waals surface area contributed by atoms with Crippen LogP contribution in [-0.4, -0.2) is 41.3 Å². The fourth-order valence-electron chi connectivity index (χ4n) is 3.11. The Labute approximate surface area is 151 Å². The Morgan fingerprint density at radius 2 is 2.12 bits per heavy atom. The first-order valence-corrected chi connectivity index (χ1v) is 8.72. The van der Waals surface area contributed by atoms with Gasteiger partial charge in [0.05, 0.1) is 18.7 Å². The van der Waals surface area contributed by atoms with E-state index in [4.69, 9.17) is 4.42 Å². The van der Waals surface area contributed by atoms with Crippen molar-refractivity contribution in [1.29, 1.82) is 0 Å². The Kier molecular flexibility index (Phi) is 5.65. The number of amides is 2. The van der Waals surface area contributed by atoms with E-state index in [1.807, 2.05) is 0 Å². The molecule has 138 valence electrons. The van der Waals surface area contributed by atoms with E-state index in [-0.39, 0.29) is 30.1 Å². The van der Waals surface area contributed by atoms with Gasteiger partial charge in [-0.2, -0.15) is 0 Å². The smallest absolute Gasteiger partial charge is 0.241 e. The molecule has 7 heteroatoms. The molecule has 2 amide bonds. The lowest BCUT2D eigenvalue weighted by Crippen LogP contribution is -2.44. The highest BCUT2D eigenvalue weighted by atomic mass is 19.1. The van der Waals surface area contributed by atoms with E-state index in [9.17, 15) is 14.0 Å². The molecule has 3 rings (SSSR count). The summed E-state index contributed by atoms with van der Waals surface area (Å²) in [5, 5.41) is 2.54. The number of oxazole rings is 1. The second-order valence-electron chi connectivity index (χ2n) is 6.56. The number of nitrogens with one attached hydrogen (secondary N) is 1. The lowest BCUT2D eigenvalue weighted by Gasteiger charge is -2.31. The molecule has 0 aliphatic carbocycles. The summed E-state index contributed by atoms with van der Waals surface area (Å²) in [6, 6.07) is 6.29. The zero-order valence-corrected chi connectivity index (χ0v) is 14.7. The van der Waals surface area contributed by atoms with Gasteiger partial charge in [0.2, 0.25) is 11.8 Å². The average molecular weight is 359 g/mol. The second-order valence-corrected chi connectivity index (χ2v) is 6.56. The number of carbonyl (C=O) groups excluding carboxylic acids is 2. The van der Waals surface area contributed by atoms with Gasteiger partial charge in [-0.1, -0.05) is 12.1 Å². The molecule has 1 saturated heterocycles. The SMILES string of the molecule is CC(=O)NCC(=O)N1CCC[C@@H](c2ncc(Cc3ccc(F)cc3)o2)C1. The van der Waals surface area contributed by atoms with Crippen LogP contribution in [0.4, 0.5) is 4.39 Å². The predicted molar refractivity (Wildman–Crippen MR) is 92.9 cm³/mol. The number of carbonyl (C=O) groups is 2. The molecule has 1 atom stereocenters. The van der Waals surface area contributed by atoms with Gasteiger partial charge in [0.15, 0.2) is 5.89 Å². The minimum absolute atomic E-state index is 0.0173. The maximum Gasteiger partial charge on any atom is 0.241 e. The van der Waals surface area contributed by atoms with Crippen LogP contribution >= 0.6 is 0 Å². The number of benzene rings is 1. The van der Waals surface area contributed by atoms with Crippen LogP contribution in [0.15, 0.2) is 34.9 Å². The first-order chi connectivity index (χ1) is 12.5. The second kappa shape index (κ2) is 8.12. The van der Waals surface area contributed by atoms with E-state index in [1.165, 1.54) is 19.1 Å². The van der Waals surface area contributed by atoms with E-state index in [1.54, 1.807) is 23.2 Å². The number of aromatic nitrogens is 1. The molecule has 6 nitrogen and oxygen atoms in total. The lowest BCUT2D eigenvalue weighted by molar-refractivity contribution is -0.133. The van der Waals surface area contributed by atoms with Gasteiger partial charge in [-0.15, -0.1) is 0 Å². The fourth-order valence-corrected chi connectivity index (χ4v) is 3.11. The summed E-state index contributed by atoms with van der Waals surface area (Å²) in [6.45, 7) is 2.62. The maximum atomic E-state index is 13.0. The van der Waals surface area contributed by atoms with Crippen LogP contribution in [0.25, 0.3) is 0 Å². The van der Waals surface area contributed by atoms with Crippen molar-refractivity contribution in [3.05, 3.63) is 53.5 Å². The summed E-state index contributed by atoms with van der Waals surface area (Å²) in [4.78, 5) is 29.3. The van der Waals surface area contributed by atoms with Gasteiger partial charge in [0.25, 0.3) is 0 Å². The molecule has 0 radical (unpaired) electrons. The van der Waals surface area contributed by atoms with E-state index in [0.29, 0.717) is 31.2 Å². The van der Waals surface area contributed by atoms with E-state index in [2.05, 4.69) is 10.3 Å². The van der Waals surface area contributed by atoms with Crippen molar-refractivity contribution in [3.63, 3.8) is 0 Å². The Hall–Kier alpha value is -2.70. The summed E-state index contributed by atoms with van der Waals surface area (Å²) >= 11 is 0. The number of halogens is 1. The highest BCUT2D eigenvalue weighted by Gasteiger charge is 2.27. The topological polar surface area (TPSA) is 75.4 Å². The molecule has 1 aromatic heterocycles. The van der Waals surface area contributed by atoms with Crippen molar-refractivity contribution in [1.82, 2.24) is 15.2 Å².